The number of hydrogen-bond donors (Lipinski definition) is 1. The van der Waals surface area contributed by atoms with Gasteiger partial charge in [0.15, 0.2) is 5.41 Å². The normalized spacial score (nSPS) is 43.3. The van der Waals surface area contributed by atoms with Crippen LogP contribution >= 0.6 is 0 Å². The SMILES string of the molecule is CCOC1(OCC)N=C(N)[C@]2(C#N)C3(CCC(C)CC3)[C@]12C#N. The zero-order valence-corrected chi connectivity index (χ0v) is 14.1. The van der Waals surface area contributed by atoms with Crippen molar-refractivity contribution < 1.29 is 9.47 Å². The topological polar surface area (TPSA) is 104 Å². The van der Waals surface area contributed by atoms with Crippen molar-refractivity contribution in [3.05, 3.63) is 0 Å². The molecule has 2 fully saturated rings. The molecule has 2 N–H and O–H groups in total. The van der Waals surface area contributed by atoms with E-state index in [0.29, 0.717) is 19.1 Å². The summed E-state index contributed by atoms with van der Waals surface area (Å²) in [4.78, 5) is 4.39. The Labute approximate surface area is 137 Å². The molecule has 1 aliphatic heterocycles. The van der Waals surface area contributed by atoms with Gasteiger partial charge in [-0.05, 0) is 32.6 Å². The Morgan fingerprint density at radius 3 is 2.17 bits per heavy atom. The van der Waals surface area contributed by atoms with Crippen molar-refractivity contribution >= 4 is 5.84 Å². The number of nitrogens with two attached hydrogens (primary N) is 1. The van der Waals surface area contributed by atoms with Gasteiger partial charge in [0.1, 0.15) is 11.3 Å². The van der Waals surface area contributed by atoms with Crippen LogP contribution < -0.4 is 5.73 Å². The number of fused-ring (bicyclic) bond motifs is 3. The fourth-order valence-electron chi connectivity index (χ4n) is 5.22. The third kappa shape index (κ3) is 1.43. The van der Waals surface area contributed by atoms with Gasteiger partial charge in [0.05, 0.1) is 12.1 Å². The van der Waals surface area contributed by atoms with Gasteiger partial charge in [0, 0.05) is 18.6 Å². The highest BCUT2D eigenvalue weighted by Crippen LogP contribution is 2.89. The van der Waals surface area contributed by atoms with Gasteiger partial charge in [-0.3, -0.25) is 0 Å². The molecule has 0 bridgehead atoms. The second-order valence-corrected chi connectivity index (χ2v) is 6.93. The first-order chi connectivity index (χ1) is 11.0. The summed E-state index contributed by atoms with van der Waals surface area (Å²) in [6, 6.07) is 4.77. The molecule has 2 saturated carbocycles. The third-order valence-electron chi connectivity index (χ3n) is 6.20. The summed E-state index contributed by atoms with van der Waals surface area (Å²) in [5.74, 6) is -0.649. The van der Waals surface area contributed by atoms with Crippen LogP contribution in [0.25, 0.3) is 0 Å². The highest BCUT2D eigenvalue weighted by molar-refractivity contribution is 6.00. The van der Waals surface area contributed by atoms with E-state index in [1.165, 1.54) is 0 Å². The largest absolute Gasteiger partial charge is 0.386 e. The molecule has 2 aliphatic carbocycles. The minimum absolute atomic E-state index is 0.206. The molecule has 6 heteroatoms. The van der Waals surface area contributed by atoms with Crippen LogP contribution in [-0.4, -0.2) is 25.0 Å². The van der Waals surface area contributed by atoms with E-state index in [-0.39, 0.29) is 5.84 Å². The molecule has 0 saturated heterocycles. The van der Waals surface area contributed by atoms with Crippen LogP contribution in [0.5, 0.6) is 0 Å². The summed E-state index contributed by atoms with van der Waals surface area (Å²) in [6.07, 6.45) is 3.53. The molecular formula is C17H24N4O2. The number of amidine groups is 1. The van der Waals surface area contributed by atoms with E-state index in [1.54, 1.807) is 0 Å². The molecule has 0 aromatic heterocycles. The lowest BCUT2D eigenvalue weighted by Crippen LogP contribution is -2.46. The number of aliphatic imine (C=N–C) groups is 1. The molecule has 23 heavy (non-hydrogen) atoms. The second-order valence-electron chi connectivity index (χ2n) is 6.93. The van der Waals surface area contributed by atoms with Gasteiger partial charge in [-0.1, -0.05) is 19.8 Å². The fraction of sp³-hybridized carbons (Fsp3) is 0.824. The van der Waals surface area contributed by atoms with Gasteiger partial charge in [0.2, 0.25) is 0 Å². The summed E-state index contributed by atoms with van der Waals surface area (Å²) in [7, 11) is 0. The van der Waals surface area contributed by atoms with Crippen LogP contribution in [0.2, 0.25) is 0 Å². The second kappa shape index (κ2) is 4.93. The lowest BCUT2D eigenvalue weighted by atomic mass is 9.73. The monoisotopic (exact) mass is 316 g/mol. The van der Waals surface area contributed by atoms with Crippen molar-refractivity contribution in [3.8, 4) is 12.1 Å². The summed E-state index contributed by atoms with van der Waals surface area (Å²) < 4.78 is 11.7. The molecule has 0 amide bonds. The van der Waals surface area contributed by atoms with Gasteiger partial charge >= 0.3 is 0 Å². The van der Waals surface area contributed by atoms with Crippen LogP contribution in [-0.2, 0) is 9.47 Å². The Balaban J connectivity index is 2.18. The maximum atomic E-state index is 10.2. The summed E-state index contributed by atoms with van der Waals surface area (Å²) in [6.45, 7) is 6.56. The molecule has 2 atom stereocenters. The molecule has 1 heterocycles. The highest BCUT2D eigenvalue weighted by Gasteiger charge is 3.00. The number of nitriles is 2. The molecule has 124 valence electrons. The average Bonchev–Trinajstić information content (AvgIpc) is 2.98. The van der Waals surface area contributed by atoms with Crippen molar-refractivity contribution in [3.63, 3.8) is 0 Å². The molecule has 6 nitrogen and oxygen atoms in total. The van der Waals surface area contributed by atoms with Crippen molar-refractivity contribution in [2.75, 3.05) is 13.2 Å². The third-order valence-corrected chi connectivity index (χ3v) is 6.20. The van der Waals surface area contributed by atoms with Gasteiger partial charge in [0.25, 0.3) is 5.91 Å². The van der Waals surface area contributed by atoms with Crippen LogP contribution in [0, 0.1) is 44.8 Å². The number of hydrogen-bond acceptors (Lipinski definition) is 6. The van der Waals surface area contributed by atoms with E-state index < -0.39 is 22.2 Å². The van der Waals surface area contributed by atoms with Gasteiger partial charge in [-0.25, -0.2) is 4.99 Å². The smallest absolute Gasteiger partial charge is 0.293 e. The van der Waals surface area contributed by atoms with E-state index in [2.05, 4.69) is 24.1 Å². The highest BCUT2D eigenvalue weighted by atomic mass is 16.7. The standard InChI is InChI=1S/C17H24N4O2/c1-4-22-17(23-5-2)16(11-19)14(8-6-12(3)7-9-14)15(16,10-18)13(20)21-17/h12H,4-9H2,1-3H3,(H2,20,21)/t12?,14?,15-,16+/m1/s1. The van der Waals surface area contributed by atoms with Crippen molar-refractivity contribution in [1.82, 2.24) is 0 Å². The molecule has 0 aromatic carbocycles. The Hall–Kier alpha value is -1.63. The first kappa shape index (κ1) is 16.2. The number of rotatable bonds is 4. The van der Waals surface area contributed by atoms with Crippen LogP contribution in [0.15, 0.2) is 4.99 Å². The lowest BCUT2D eigenvalue weighted by Gasteiger charge is -2.37. The molecule has 3 rings (SSSR count). The predicted octanol–water partition coefficient (Wildman–Crippen LogP) is 2.31. The molecular weight excluding hydrogens is 292 g/mol. The minimum Gasteiger partial charge on any atom is -0.386 e. The first-order valence-electron chi connectivity index (χ1n) is 8.43. The number of nitrogens with zero attached hydrogens (tertiary/aromatic N) is 3. The summed E-state index contributed by atoms with van der Waals surface area (Å²) >= 11 is 0. The van der Waals surface area contributed by atoms with E-state index in [0.717, 1.165) is 25.7 Å². The zero-order valence-electron chi connectivity index (χ0n) is 14.1. The number of ether oxygens (including phenoxy) is 2. The predicted molar refractivity (Wildman–Crippen MR) is 83.8 cm³/mol. The summed E-state index contributed by atoms with van der Waals surface area (Å²) in [5.41, 5.74) is 3.49. The Morgan fingerprint density at radius 1 is 1.17 bits per heavy atom. The average molecular weight is 316 g/mol. The zero-order chi connectivity index (χ0) is 16.9. The molecule has 3 aliphatic rings. The van der Waals surface area contributed by atoms with E-state index in [1.807, 2.05) is 13.8 Å². The fourth-order valence-corrected chi connectivity index (χ4v) is 5.22. The Kier molecular flexibility index (Phi) is 3.48. The van der Waals surface area contributed by atoms with Crippen molar-refractivity contribution in [2.24, 2.45) is 32.9 Å². The Bertz CT molecular complexity index is 617. The van der Waals surface area contributed by atoms with Crippen LogP contribution in [0.4, 0.5) is 0 Å². The summed E-state index contributed by atoms with van der Waals surface area (Å²) in [5, 5.41) is 20.2. The lowest BCUT2D eigenvalue weighted by molar-refractivity contribution is -0.262. The maximum Gasteiger partial charge on any atom is 0.293 e. The van der Waals surface area contributed by atoms with Crippen LogP contribution in [0.3, 0.4) is 0 Å². The van der Waals surface area contributed by atoms with Crippen LogP contribution in [0.1, 0.15) is 46.5 Å². The van der Waals surface area contributed by atoms with Gasteiger partial charge in [-0.15, -0.1) is 0 Å². The van der Waals surface area contributed by atoms with Gasteiger partial charge in [-0.2, -0.15) is 10.5 Å². The molecule has 0 radical (unpaired) electrons. The first-order valence-corrected chi connectivity index (χ1v) is 8.43. The van der Waals surface area contributed by atoms with E-state index in [9.17, 15) is 10.5 Å². The minimum atomic E-state index is -1.45. The van der Waals surface area contributed by atoms with Gasteiger partial charge < -0.3 is 15.2 Å². The molecule has 1 spiro atoms. The maximum absolute atomic E-state index is 10.2. The Morgan fingerprint density at radius 2 is 1.74 bits per heavy atom. The van der Waals surface area contributed by atoms with Crippen molar-refractivity contribution in [2.45, 2.75) is 52.4 Å². The molecule has 0 unspecified atom stereocenters. The molecule has 0 aromatic rings. The quantitative estimate of drug-likeness (QED) is 0.801. The van der Waals surface area contributed by atoms with E-state index in [4.69, 9.17) is 15.2 Å². The van der Waals surface area contributed by atoms with Crippen molar-refractivity contribution in [1.29, 1.82) is 10.5 Å². The van der Waals surface area contributed by atoms with E-state index >= 15 is 0 Å².